The molecule has 1 heterocycles. The molecule has 0 unspecified atom stereocenters. The van der Waals surface area contributed by atoms with Gasteiger partial charge >= 0.3 is 0 Å². The first-order valence-electron chi connectivity index (χ1n) is 6.10. The van der Waals surface area contributed by atoms with Crippen molar-refractivity contribution in [2.75, 3.05) is 0 Å². The predicted octanol–water partition coefficient (Wildman–Crippen LogP) is 3.01. The van der Waals surface area contributed by atoms with E-state index in [4.69, 9.17) is 0 Å². The molecule has 16 heavy (non-hydrogen) atoms. The van der Waals surface area contributed by atoms with Gasteiger partial charge in [-0.05, 0) is 19.8 Å². The van der Waals surface area contributed by atoms with Gasteiger partial charge in [0.15, 0.2) is 0 Å². The van der Waals surface area contributed by atoms with E-state index in [9.17, 15) is 0 Å². The van der Waals surface area contributed by atoms with Crippen molar-refractivity contribution in [2.45, 2.75) is 51.9 Å². The van der Waals surface area contributed by atoms with Crippen LogP contribution in [0.15, 0.2) is 6.20 Å². The van der Waals surface area contributed by atoms with Crippen LogP contribution in [0.25, 0.3) is 0 Å². The molecule has 1 aromatic rings. The lowest BCUT2D eigenvalue weighted by Gasteiger charge is -2.05. The third-order valence-corrected chi connectivity index (χ3v) is 3.59. The molecule has 1 fully saturated rings. The molecule has 1 saturated carbocycles. The molecule has 0 N–H and O–H groups in total. The second kappa shape index (κ2) is 4.10. The fraction of sp³-hybridized carbons (Fsp3) is 0.615. The Bertz CT molecular complexity index is 439. The van der Waals surface area contributed by atoms with E-state index in [2.05, 4.69) is 47.8 Å². The molecule has 86 valence electrons. The predicted molar refractivity (Wildman–Crippen MR) is 70.1 cm³/mol. The lowest BCUT2D eigenvalue weighted by atomic mass is 10.2. The lowest BCUT2D eigenvalue weighted by molar-refractivity contribution is 0.623. The molecule has 0 atom stereocenters. The van der Waals surface area contributed by atoms with Crippen molar-refractivity contribution in [1.29, 1.82) is 0 Å². The fourth-order valence-electron chi connectivity index (χ4n) is 1.79. The second-order valence-corrected chi connectivity index (χ2v) is 10.3. The first kappa shape index (κ1) is 11.5. The highest BCUT2D eigenvalue weighted by molar-refractivity contribution is 6.83. The van der Waals surface area contributed by atoms with Gasteiger partial charge in [-0.3, -0.25) is 4.68 Å². The highest BCUT2D eigenvalue weighted by atomic mass is 28.3. The molecule has 0 amide bonds. The fourth-order valence-corrected chi connectivity index (χ4v) is 2.30. The van der Waals surface area contributed by atoms with Crippen LogP contribution in [0.5, 0.6) is 0 Å². The van der Waals surface area contributed by atoms with E-state index in [0.717, 1.165) is 12.5 Å². The van der Waals surface area contributed by atoms with Crippen LogP contribution in [0.1, 0.15) is 36.9 Å². The number of nitrogens with zero attached hydrogens (tertiary/aromatic N) is 2. The summed E-state index contributed by atoms with van der Waals surface area (Å²) in [5, 5.41) is 4.43. The van der Waals surface area contributed by atoms with Crippen LogP contribution in [0.3, 0.4) is 0 Å². The SMILES string of the molecule is CCn1ncc(C#C[Si](C)(C)C)c1C1CC1. The molecular weight excluding hydrogens is 212 g/mol. The maximum Gasteiger partial charge on any atom is 0.129 e. The number of aromatic nitrogens is 2. The van der Waals surface area contributed by atoms with Gasteiger partial charge in [0.2, 0.25) is 0 Å². The van der Waals surface area contributed by atoms with Crippen molar-refractivity contribution < 1.29 is 0 Å². The molecule has 0 saturated heterocycles. The Labute approximate surface area is 99.1 Å². The van der Waals surface area contributed by atoms with Crippen molar-refractivity contribution in [3.63, 3.8) is 0 Å². The molecule has 2 rings (SSSR count). The van der Waals surface area contributed by atoms with E-state index in [1.807, 2.05) is 6.20 Å². The summed E-state index contributed by atoms with van der Waals surface area (Å²) in [7, 11) is -1.28. The van der Waals surface area contributed by atoms with E-state index >= 15 is 0 Å². The van der Waals surface area contributed by atoms with Crippen molar-refractivity contribution in [1.82, 2.24) is 9.78 Å². The summed E-state index contributed by atoms with van der Waals surface area (Å²) in [4.78, 5) is 0. The Kier molecular flexibility index (Phi) is 2.94. The van der Waals surface area contributed by atoms with Gasteiger partial charge in [0.1, 0.15) is 8.07 Å². The monoisotopic (exact) mass is 232 g/mol. The van der Waals surface area contributed by atoms with Crippen LogP contribution >= 0.6 is 0 Å². The minimum Gasteiger partial charge on any atom is -0.268 e. The minimum absolute atomic E-state index is 0.730. The van der Waals surface area contributed by atoms with E-state index in [1.165, 1.54) is 24.1 Å². The summed E-state index contributed by atoms with van der Waals surface area (Å²) < 4.78 is 2.12. The number of hydrogen-bond acceptors (Lipinski definition) is 1. The third-order valence-electron chi connectivity index (χ3n) is 2.72. The largest absolute Gasteiger partial charge is 0.268 e. The summed E-state index contributed by atoms with van der Waals surface area (Å²) >= 11 is 0. The molecule has 1 aliphatic rings. The van der Waals surface area contributed by atoms with Crippen LogP contribution in [-0.2, 0) is 6.54 Å². The van der Waals surface area contributed by atoms with E-state index in [1.54, 1.807) is 0 Å². The molecule has 1 aromatic heterocycles. The second-order valence-electron chi connectivity index (χ2n) is 5.53. The number of rotatable bonds is 2. The van der Waals surface area contributed by atoms with E-state index < -0.39 is 8.07 Å². The minimum atomic E-state index is -1.28. The van der Waals surface area contributed by atoms with Crippen molar-refractivity contribution in [3.05, 3.63) is 17.5 Å². The van der Waals surface area contributed by atoms with E-state index in [-0.39, 0.29) is 0 Å². The van der Waals surface area contributed by atoms with Gasteiger partial charge in [0.05, 0.1) is 17.5 Å². The molecule has 0 radical (unpaired) electrons. The summed E-state index contributed by atoms with van der Waals surface area (Å²) in [5.41, 5.74) is 5.99. The Morgan fingerprint density at radius 3 is 2.62 bits per heavy atom. The van der Waals surface area contributed by atoms with Crippen LogP contribution in [-0.4, -0.2) is 17.9 Å². The Balaban J connectivity index is 2.33. The number of hydrogen-bond donors (Lipinski definition) is 0. The molecule has 2 nitrogen and oxygen atoms in total. The normalized spacial score (nSPS) is 15.8. The highest BCUT2D eigenvalue weighted by Gasteiger charge is 2.29. The van der Waals surface area contributed by atoms with Gasteiger partial charge in [-0.1, -0.05) is 25.6 Å². The average Bonchev–Trinajstić information content (AvgIpc) is 2.94. The van der Waals surface area contributed by atoms with Crippen LogP contribution < -0.4 is 0 Å². The van der Waals surface area contributed by atoms with Crippen molar-refractivity contribution >= 4 is 8.07 Å². The lowest BCUT2D eigenvalue weighted by Crippen LogP contribution is -2.16. The summed E-state index contributed by atoms with van der Waals surface area (Å²) in [6.07, 6.45) is 4.57. The van der Waals surface area contributed by atoms with Crippen molar-refractivity contribution in [3.8, 4) is 11.5 Å². The first-order chi connectivity index (χ1) is 7.51. The van der Waals surface area contributed by atoms with Crippen LogP contribution in [0.2, 0.25) is 19.6 Å². The highest BCUT2D eigenvalue weighted by Crippen LogP contribution is 2.41. The summed E-state index contributed by atoms with van der Waals surface area (Å²) in [5.74, 6) is 4.09. The quantitative estimate of drug-likeness (QED) is 0.566. The first-order valence-corrected chi connectivity index (χ1v) is 9.60. The molecular formula is C13H20N2Si. The smallest absolute Gasteiger partial charge is 0.129 e. The average molecular weight is 232 g/mol. The maximum absolute atomic E-state index is 4.43. The zero-order valence-corrected chi connectivity index (χ0v) is 11.7. The molecule has 3 heteroatoms. The van der Waals surface area contributed by atoms with Gasteiger partial charge in [-0.15, -0.1) is 5.54 Å². The third kappa shape index (κ3) is 2.56. The molecule has 0 aliphatic heterocycles. The van der Waals surface area contributed by atoms with Gasteiger partial charge in [0.25, 0.3) is 0 Å². The Morgan fingerprint density at radius 2 is 2.12 bits per heavy atom. The zero-order valence-electron chi connectivity index (χ0n) is 10.7. The van der Waals surface area contributed by atoms with Crippen molar-refractivity contribution in [2.24, 2.45) is 0 Å². The summed E-state index contributed by atoms with van der Waals surface area (Å²) in [6, 6.07) is 0. The van der Waals surface area contributed by atoms with Gasteiger partial charge in [-0.2, -0.15) is 5.10 Å². The van der Waals surface area contributed by atoms with Gasteiger partial charge in [-0.25, -0.2) is 0 Å². The zero-order chi connectivity index (χ0) is 11.8. The molecule has 1 aliphatic carbocycles. The van der Waals surface area contributed by atoms with Gasteiger partial charge in [0, 0.05) is 12.5 Å². The van der Waals surface area contributed by atoms with E-state index in [0.29, 0.717) is 0 Å². The van der Waals surface area contributed by atoms with Crippen LogP contribution in [0, 0.1) is 11.5 Å². The van der Waals surface area contributed by atoms with Crippen LogP contribution in [0.4, 0.5) is 0 Å². The summed E-state index contributed by atoms with van der Waals surface area (Å²) in [6.45, 7) is 9.94. The van der Waals surface area contributed by atoms with Gasteiger partial charge < -0.3 is 0 Å². The Morgan fingerprint density at radius 1 is 1.44 bits per heavy atom. The molecule has 0 aromatic carbocycles. The standard InChI is InChI=1S/C13H20N2Si/c1-5-15-13(11-6-7-11)12(10-14-15)8-9-16(2,3)4/h10-11H,5-7H2,1-4H3. The Hall–Kier alpha value is -1.01. The topological polar surface area (TPSA) is 17.8 Å². The molecule has 0 spiro atoms. The maximum atomic E-state index is 4.43. The number of aryl methyl sites for hydroxylation is 1. The molecule has 0 bridgehead atoms.